The molecule has 0 heterocycles. The first-order chi connectivity index (χ1) is 8.13. The molecule has 0 aliphatic heterocycles. The van der Waals surface area contributed by atoms with Crippen molar-refractivity contribution in [2.45, 2.75) is 33.1 Å². The highest BCUT2D eigenvalue weighted by atomic mass is 16.5. The fraction of sp³-hybridized carbons (Fsp3) is 0.429. The van der Waals surface area contributed by atoms with Crippen LogP contribution in [0, 0.1) is 6.92 Å². The topological polar surface area (TPSA) is 43.4 Å². The Morgan fingerprint density at radius 2 is 1.76 bits per heavy atom. The normalized spacial score (nSPS) is 10.0. The van der Waals surface area contributed by atoms with E-state index in [0.29, 0.717) is 12.2 Å². The van der Waals surface area contributed by atoms with Crippen molar-refractivity contribution < 1.29 is 14.3 Å². The number of rotatable bonds is 6. The molecule has 3 nitrogen and oxygen atoms in total. The van der Waals surface area contributed by atoms with E-state index in [4.69, 9.17) is 4.74 Å². The fourth-order valence-corrected chi connectivity index (χ4v) is 1.39. The first-order valence-electron chi connectivity index (χ1n) is 5.89. The van der Waals surface area contributed by atoms with Crippen molar-refractivity contribution in [2.75, 3.05) is 6.61 Å². The second kappa shape index (κ2) is 6.84. The number of Topliss-reactive ketones (excluding diaryl/α,β-unsaturated/α-hetero) is 1. The van der Waals surface area contributed by atoms with Gasteiger partial charge in [-0.05, 0) is 13.3 Å². The maximum Gasteiger partial charge on any atom is 0.306 e. The van der Waals surface area contributed by atoms with E-state index in [1.54, 1.807) is 12.1 Å². The highest BCUT2D eigenvalue weighted by Crippen LogP contribution is 2.08. The lowest BCUT2D eigenvalue weighted by atomic mass is 10.1. The number of aryl methyl sites for hydroxylation is 1. The van der Waals surface area contributed by atoms with Crippen LogP contribution in [0.1, 0.15) is 42.1 Å². The Morgan fingerprint density at radius 3 is 2.35 bits per heavy atom. The molecule has 0 saturated carbocycles. The third-order valence-corrected chi connectivity index (χ3v) is 2.40. The van der Waals surface area contributed by atoms with Crippen molar-refractivity contribution in [2.24, 2.45) is 0 Å². The first kappa shape index (κ1) is 13.4. The lowest BCUT2D eigenvalue weighted by Gasteiger charge is -2.03. The number of benzene rings is 1. The molecule has 0 bridgehead atoms. The fourth-order valence-electron chi connectivity index (χ4n) is 1.39. The summed E-state index contributed by atoms with van der Waals surface area (Å²) in [6.07, 6.45) is 1.18. The van der Waals surface area contributed by atoms with Crippen LogP contribution in [0.3, 0.4) is 0 Å². The van der Waals surface area contributed by atoms with E-state index in [9.17, 15) is 9.59 Å². The van der Waals surface area contributed by atoms with Gasteiger partial charge in [0.2, 0.25) is 0 Å². The molecule has 0 amide bonds. The number of carbonyl (C=O) groups is 2. The van der Waals surface area contributed by atoms with Gasteiger partial charge in [-0.1, -0.05) is 36.8 Å². The van der Waals surface area contributed by atoms with Gasteiger partial charge >= 0.3 is 5.97 Å². The smallest absolute Gasteiger partial charge is 0.306 e. The van der Waals surface area contributed by atoms with Gasteiger partial charge in [0.1, 0.15) is 0 Å². The first-order valence-corrected chi connectivity index (χ1v) is 5.89. The molecular weight excluding hydrogens is 216 g/mol. The van der Waals surface area contributed by atoms with E-state index < -0.39 is 0 Å². The van der Waals surface area contributed by atoms with Crippen molar-refractivity contribution in [3.8, 4) is 0 Å². The minimum Gasteiger partial charge on any atom is -0.466 e. The molecule has 0 aromatic heterocycles. The van der Waals surface area contributed by atoms with Gasteiger partial charge in [0, 0.05) is 12.0 Å². The maximum atomic E-state index is 11.7. The summed E-state index contributed by atoms with van der Waals surface area (Å²) in [5.74, 6) is -0.314. The Hall–Kier alpha value is -1.64. The average molecular weight is 234 g/mol. The van der Waals surface area contributed by atoms with Crippen molar-refractivity contribution in [3.05, 3.63) is 35.4 Å². The Bertz CT molecular complexity index is 379. The van der Waals surface area contributed by atoms with Gasteiger partial charge in [0.15, 0.2) is 5.78 Å². The quantitative estimate of drug-likeness (QED) is 0.561. The molecular formula is C14H18O3. The molecule has 0 fully saturated rings. The minimum atomic E-state index is -0.299. The van der Waals surface area contributed by atoms with Crippen LogP contribution in [-0.2, 0) is 9.53 Å². The van der Waals surface area contributed by atoms with Crippen LogP contribution in [0.4, 0.5) is 0 Å². The minimum absolute atomic E-state index is 0.0153. The van der Waals surface area contributed by atoms with Crippen molar-refractivity contribution in [1.29, 1.82) is 0 Å². The van der Waals surface area contributed by atoms with E-state index in [-0.39, 0.29) is 24.6 Å². The van der Waals surface area contributed by atoms with Gasteiger partial charge in [0.25, 0.3) is 0 Å². The molecule has 0 unspecified atom stereocenters. The summed E-state index contributed by atoms with van der Waals surface area (Å²) >= 11 is 0. The van der Waals surface area contributed by atoms with Crippen LogP contribution in [0.5, 0.6) is 0 Å². The largest absolute Gasteiger partial charge is 0.466 e. The molecule has 1 aromatic carbocycles. The van der Waals surface area contributed by atoms with Crippen LogP contribution in [0.25, 0.3) is 0 Å². The highest BCUT2D eigenvalue weighted by molar-refractivity contribution is 5.97. The maximum absolute atomic E-state index is 11.7. The summed E-state index contributed by atoms with van der Waals surface area (Å²) in [7, 11) is 0. The van der Waals surface area contributed by atoms with Crippen molar-refractivity contribution >= 4 is 11.8 Å². The average Bonchev–Trinajstić information content (AvgIpc) is 2.34. The van der Waals surface area contributed by atoms with Crippen LogP contribution < -0.4 is 0 Å². The zero-order valence-corrected chi connectivity index (χ0v) is 10.4. The summed E-state index contributed by atoms with van der Waals surface area (Å²) in [4.78, 5) is 22.9. The van der Waals surface area contributed by atoms with Crippen LogP contribution >= 0.6 is 0 Å². The third kappa shape index (κ3) is 4.81. The Kier molecular flexibility index (Phi) is 5.40. The lowest BCUT2D eigenvalue weighted by Crippen LogP contribution is -2.08. The summed E-state index contributed by atoms with van der Waals surface area (Å²) in [5, 5.41) is 0. The van der Waals surface area contributed by atoms with Crippen molar-refractivity contribution in [3.63, 3.8) is 0 Å². The van der Waals surface area contributed by atoms with E-state index >= 15 is 0 Å². The van der Waals surface area contributed by atoms with Gasteiger partial charge in [-0.3, -0.25) is 9.59 Å². The SMILES string of the molecule is CCCOC(=O)CCC(=O)c1ccc(C)cc1. The van der Waals surface area contributed by atoms with Gasteiger partial charge in [-0.2, -0.15) is 0 Å². The predicted octanol–water partition coefficient (Wildman–Crippen LogP) is 2.91. The Balaban J connectivity index is 2.39. The molecule has 0 radical (unpaired) electrons. The molecule has 3 heteroatoms. The van der Waals surface area contributed by atoms with Gasteiger partial charge in [-0.25, -0.2) is 0 Å². The molecule has 17 heavy (non-hydrogen) atoms. The molecule has 0 aliphatic rings. The number of esters is 1. The summed E-state index contributed by atoms with van der Waals surface area (Å²) in [6, 6.07) is 7.36. The zero-order valence-electron chi connectivity index (χ0n) is 10.4. The van der Waals surface area contributed by atoms with Gasteiger partial charge < -0.3 is 4.74 Å². The molecule has 0 aliphatic carbocycles. The van der Waals surface area contributed by atoms with E-state index in [1.807, 2.05) is 26.0 Å². The molecule has 0 spiro atoms. The number of ketones is 1. The number of hydrogen-bond donors (Lipinski definition) is 0. The summed E-state index contributed by atoms with van der Waals surface area (Å²) < 4.78 is 4.91. The van der Waals surface area contributed by atoms with Crippen LogP contribution in [0.15, 0.2) is 24.3 Å². The van der Waals surface area contributed by atoms with Gasteiger partial charge in [-0.15, -0.1) is 0 Å². The van der Waals surface area contributed by atoms with E-state index in [2.05, 4.69) is 0 Å². The second-order valence-electron chi connectivity index (χ2n) is 4.01. The van der Waals surface area contributed by atoms with Crippen molar-refractivity contribution in [1.82, 2.24) is 0 Å². The summed E-state index contributed by atoms with van der Waals surface area (Å²) in [6.45, 7) is 4.33. The molecule has 1 rings (SSSR count). The highest BCUT2D eigenvalue weighted by Gasteiger charge is 2.09. The Labute approximate surface area is 102 Å². The number of ether oxygens (including phenoxy) is 1. The molecule has 1 aromatic rings. The van der Waals surface area contributed by atoms with Crippen LogP contribution in [-0.4, -0.2) is 18.4 Å². The number of carbonyl (C=O) groups excluding carboxylic acids is 2. The summed E-state index contributed by atoms with van der Waals surface area (Å²) in [5.41, 5.74) is 1.77. The molecule has 92 valence electrons. The Morgan fingerprint density at radius 1 is 1.12 bits per heavy atom. The van der Waals surface area contributed by atoms with Crippen LogP contribution in [0.2, 0.25) is 0 Å². The molecule has 0 saturated heterocycles. The third-order valence-electron chi connectivity index (χ3n) is 2.40. The van der Waals surface area contributed by atoms with Gasteiger partial charge in [0.05, 0.1) is 13.0 Å². The number of hydrogen-bond acceptors (Lipinski definition) is 3. The predicted molar refractivity (Wildman–Crippen MR) is 66.0 cm³/mol. The molecule has 0 N–H and O–H groups in total. The zero-order chi connectivity index (χ0) is 12.7. The second-order valence-corrected chi connectivity index (χ2v) is 4.01. The lowest BCUT2D eigenvalue weighted by molar-refractivity contribution is -0.143. The van der Waals surface area contributed by atoms with E-state index in [0.717, 1.165) is 12.0 Å². The monoisotopic (exact) mass is 234 g/mol. The molecule has 0 atom stereocenters. The van der Waals surface area contributed by atoms with E-state index in [1.165, 1.54) is 0 Å². The standard InChI is InChI=1S/C14H18O3/c1-3-10-17-14(16)9-8-13(15)12-6-4-11(2)5-7-12/h4-7H,3,8-10H2,1-2H3.